The highest BCUT2D eigenvalue weighted by Crippen LogP contribution is 2.30. The van der Waals surface area contributed by atoms with Crippen molar-refractivity contribution in [1.82, 2.24) is 0 Å². The van der Waals surface area contributed by atoms with Crippen molar-refractivity contribution in [2.45, 2.75) is 6.92 Å². The third-order valence-electron chi connectivity index (χ3n) is 1.87. The Kier molecular flexibility index (Phi) is 4.15. The van der Waals surface area contributed by atoms with Crippen LogP contribution in [0, 0.1) is 11.3 Å². The zero-order valence-electron chi connectivity index (χ0n) is 8.91. The average molecular weight is 240 g/mol. The summed E-state index contributed by atoms with van der Waals surface area (Å²) in [7, 11) is 1.40. The van der Waals surface area contributed by atoms with Gasteiger partial charge in [0.05, 0.1) is 30.4 Å². The molecule has 5 heteroatoms. The molecule has 0 saturated heterocycles. The van der Waals surface area contributed by atoms with E-state index < -0.39 is 5.97 Å². The van der Waals surface area contributed by atoms with Gasteiger partial charge in [-0.05, 0) is 19.1 Å². The summed E-state index contributed by atoms with van der Waals surface area (Å²) in [6.45, 7) is 1.94. The molecule has 0 aromatic heterocycles. The lowest BCUT2D eigenvalue weighted by atomic mass is 10.1. The zero-order chi connectivity index (χ0) is 12.1. The van der Waals surface area contributed by atoms with Crippen molar-refractivity contribution in [2.24, 2.45) is 0 Å². The Morgan fingerprint density at radius 3 is 2.75 bits per heavy atom. The topological polar surface area (TPSA) is 59.3 Å². The van der Waals surface area contributed by atoms with Crippen LogP contribution in [0.4, 0.5) is 0 Å². The van der Waals surface area contributed by atoms with E-state index in [0.717, 1.165) is 0 Å². The minimum absolute atomic E-state index is 0.161. The van der Waals surface area contributed by atoms with Gasteiger partial charge in [0, 0.05) is 0 Å². The zero-order valence-corrected chi connectivity index (χ0v) is 9.67. The van der Waals surface area contributed by atoms with Crippen molar-refractivity contribution in [2.75, 3.05) is 13.7 Å². The van der Waals surface area contributed by atoms with E-state index in [9.17, 15) is 4.79 Å². The van der Waals surface area contributed by atoms with Crippen molar-refractivity contribution in [1.29, 1.82) is 5.26 Å². The number of halogens is 1. The molecule has 0 aliphatic carbocycles. The number of rotatable bonds is 3. The molecule has 1 aromatic carbocycles. The summed E-state index contributed by atoms with van der Waals surface area (Å²) >= 11 is 5.87. The number of ether oxygens (including phenoxy) is 2. The van der Waals surface area contributed by atoms with Crippen molar-refractivity contribution < 1.29 is 14.3 Å². The fraction of sp³-hybridized carbons (Fsp3) is 0.273. The van der Waals surface area contributed by atoms with Crippen molar-refractivity contribution in [3.05, 3.63) is 28.3 Å². The van der Waals surface area contributed by atoms with Gasteiger partial charge in [-0.25, -0.2) is 4.79 Å². The van der Waals surface area contributed by atoms with Crippen molar-refractivity contribution >= 4 is 17.6 Å². The van der Waals surface area contributed by atoms with Gasteiger partial charge in [0.15, 0.2) is 5.75 Å². The third-order valence-corrected chi connectivity index (χ3v) is 2.15. The Bertz CT molecular complexity index is 451. The second-order valence-electron chi connectivity index (χ2n) is 2.87. The van der Waals surface area contributed by atoms with E-state index >= 15 is 0 Å². The van der Waals surface area contributed by atoms with Gasteiger partial charge in [-0.3, -0.25) is 0 Å². The summed E-state index contributed by atoms with van der Waals surface area (Å²) in [5, 5.41) is 8.97. The molecule has 0 N–H and O–H groups in total. The molecule has 0 heterocycles. The first-order valence-corrected chi connectivity index (χ1v) is 4.96. The first kappa shape index (κ1) is 12.3. The molecule has 0 amide bonds. The Balaban J connectivity index is 3.29. The third kappa shape index (κ3) is 2.44. The molecular formula is C11H10ClNO3. The first-order valence-electron chi connectivity index (χ1n) is 4.58. The molecule has 0 atom stereocenters. The lowest BCUT2D eigenvalue weighted by molar-refractivity contribution is 0.0522. The first-order chi connectivity index (χ1) is 7.63. The van der Waals surface area contributed by atoms with Gasteiger partial charge in [0.25, 0.3) is 0 Å². The molecule has 0 fully saturated rings. The quantitative estimate of drug-likeness (QED) is 0.760. The summed E-state index contributed by atoms with van der Waals surface area (Å²) in [5.74, 6) is -0.336. The molecule has 0 saturated carbocycles. The molecule has 1 rings (SSSR count). The van der Waals surface area contributed by atoms with Gasteiger partial charge in [0.1, 0.15) is 5.56 Å². The van der Waals surface area contributed by atoms with Gasteiger partial charge in [-0.15, -0.1) is 0 Å². The molecule has 0 aliphatic rings. The van der Waals surface area contributed by atoms with Crippen LogP contribution in [0.5, 0.6) is 5.75 Å². The van der Waals surface area contributed by atoms with Crippen molar-refractivity contribution in [3.63, 3.8) is 0 Å². The predicted molar refractivity (Wildman–Crippen MR) is 58.7 cm³/mol. The van der Waals surface area contributed by atoms with Gasteiger partial charge in [-0.1, -0.05) is 11.6 Å². The smallest absolute Gasteiger partial charge is 0.342 e. The highest BCUT2D eigenvalue weighted by Gasteiger charge is 2.17. The highest BCUT2D eigenvalue weighted by atomic mass is 35.5. The number of benzene rings is 1. The van der Waals surface area contributed by atoms with Crippen LogP contribution in [0.3, 0.4) is 0 Å². The summed E-state index contributed by atoms with van der Waals surface area (Å²) in [5.41, 5.74) is 0.447. The molecule has 4 nitrogen and oxygen atoms in total. The van der Waals surface area contributed by atoms with Crippen LogP contribution < -0.4 is 4.74 Å². The van der Waals surface area contributed by atoms with E-state index in [1.165, 1.54) is 19.2 Å². The number of carbonyl (C=O) groups is 1. The summed E-state index contributed by atoms with van der Waals surface area (Å²) in [4.78, 5) is 11.6. The Morgan fingerprint density at radius 1 is 1.56 bits per heavy atom. The number of hydrogen-bond donors (Lipinski definition) is 0. The molecule has 84 valence electrons. The lowest BCUT2D eigenvalue weighted by Crippen LogP contribution is -2.07. The second kappa shape index (κ2) is 5.38. The van der Waals surface area contributed by atoms with Gasteiger partial charge in [0.2, 0.25) is 0 Å². The van der Waals surface area contributed by atoms with E-state index in [-0.39, 0.29) is 28.5 Å². The minimum atomic E-state index is -0.557. The summed E-state index contributed by atoms with van der Waals surface area (Å²) in [6, 6.07) is 4.73. The lowest BCUT2D eigenvalue weighted by Gasteiger charge is -2.09. The van der Waals surface area contributed by atoms with Gasteiger partial charge >= 0.3 is 5.97 Å². The number of carbonyl (C=O) groups excluding carboxylic acids is 1. The predicted octanol–water partition coefficient (Wildman–Crippen LogP) is 2.40. The molecule has 0 spiro atoms. The Hall–Kier alpha value is -1.73. The molecule has 0 unspecified atom stereocenters. The highest BCUT2D eigenvalue weighted by molar-refractivity contribution is 6.32. The van der Waals surface area contributed by atoms with Crippen LogP contribution in [0.1, 0.15) is 22.8 Å². The van der Waals surface area contributed by atoms with Crippen LogP contribution in [-0.4, -0.2) is 19.7 Å². The molecule has 1 aromatic rings. The normalized spacial score (nSPS) is 9.38. The van der Waals surface area contributed by atoms with Crippen LogP contribution in [0.2, 0.25) is 5.02 Å². The maximum absolute atomic E-state index is 11.6. The SMILES string of the molecule is CCOC(=O)c1cc(C#N)cc(Cl)c1OC. The van der Waals surface area contributed by atoms with E-state index in [1.807, 2.05) is 6.07 Å². The largest absolute Gasteiger partial charge is 0.494 e. The Morgan fingerprint density at radius 2 is 2.25 bits per heavy atom. The monoisotopic (exact) mass is 239 g/mol. The average Bonchev–Trinajstić information content (AvgIpc) is 2.28. The molecule has 16 heavy (non-hydrogen) atoms. The van der Waals surface area contributed by atoms with Crippen LogP contribution in [-0.2, 0) is 4.74 Å². The van der Waals surface area contributed by atoms with Gasteiger partial charge in [-0.2, -0.15) is 5.26 Å². The van der Waals surface area contributed by atoms with E-state index in [0.29, 0.717) is 0 Å². The number of hydrogen-bond acceptors (Lipinski definition) is 4. The molecule has 0 bridgehead atoms. The van der Waals surface area contributed by atoms with E-state index in [2.05, 4.69) is 0 Å². The fourth-order valence-corrected chi connectivity index (χ4v) is 1.52. The summed E-state index contributed by atoms with van der Waals surface area (Å²) < 4.78 is 9.84. The van der Waals surface area contributed by atoms with Crippen LogP contribution >= 0.6 is 11.6 Å². The Labute approximate surface area is 98.3 Å². The number of nitriles is 1. The molecule has 0 radical (unpaired) electrons. The maximum Gasteiger partial charge on any atom is 0.342 e. The summed E-state index contributed by atoms with van der Waals surface area (Å²) in [6.07, 6.45) is 0. The number of nitrogens with zero attached hydrogens (tertiary/aromatic N) is 1. The maximum atomic E-state index is 11.6. The van der Waals surface area contributed by atoms with E-state index in [1.54, 1.807) is 6.92 Å². The molecule has 0 aliphatic heterocycles. The minimum Gasteiger partial charge on any atom is -0.494 e. The van der Waals surface area contributed by atoms with E-state index in [4.69, 9.17) is 26.3 Å². The van der Waals surface area contributed by atoms with Crippen molar-refractivity contribution in [3.8, 4) is 11.8 Å². The second-order valence-corrected chi connectivity index (χ2v) is 3.28. The molecular weight excluding hydrogens is 230 g/mol. The van der Waals surface area contributed by atoms with Gasteiger partial charge < -0.3 is 9.47 Å². The van der Waals surface area contributed by atoms with Crippen LogP contribution in [0.25, 0.3) is 0 Å². The number of methoxy groups -OCH3 is 1. The van der Waals surface area contributed by atoms with Crippen LogP contribution in [0.15, 0.2) is 12.1 Å². The fourth-order valence-electron chi connectivity index (χ4n) is 1.23. The number of esters is 1. The standard InChI is InChI=1S/C11H10ClNO3/c1-3-16-11(14)8-4-7(6-13)5-9(12)10(8)15-2/h4-5H,3H2,1-2H3.